The maximum atomic E-state index is 12.4. The minimum Gasteiger partial charge on any atom is -0.455 e. The molecule has 1 saturated carbocycles. The maximum Gasteiger partial charge on any atom is 0.334 e. The number of fused-ring (bicyclic) bond motifs is 2. The van der Waals surface area contributed by atoms with Gasteiger partial charge in [0.2, 0.25) is 0 Å². The number of allylic oxidation sites excluding steroid dienone is 1. The highest BCUT2D eigenvalue weighted by molar-refractivity contribution is 5.91. The SMILES string of the molecule is C=C1C(=O)O[C@@H]2[C@H](O)[C@H](C)CCC[C@@]3(C)O[C@@H]3[C@H](OC(=O)/C(C)=C/C)[C@@H]12. The Hall–Kier alpha value is -1.66. The Morgan fingerprint density at radius 3 is 2.81 bits per heavy atom. The molecule has 6 heteroatoms. The lowest BCUT2D eigenvalue weighted by molar-refractivity contribution is -0.154. The van der Waals surface area contributed by atoms with Gasteiger partial charge in [-0.15, -0.1) is 0 Å². The van der Waals surface area contributed by atoms with Crippen LogP contribution in [0.4, 0.5) is 0 Å². The second-order valence-electron chi connectivity index (χ2n) is 7.97. The minimum atomic E-state index is -0.838. The van der Waals surface area contributed by atoms with Crippen LogP contribution in [-0.2, 0) is 23.8 Å². The van der Waals surface area contributed by atoms with Gasteiger partial charge in [0.05, 0.1) is 17.6 Å². The monoisotopic (exact) mass is 364 g/mol. The highest BCUT2D eigenvalue weighted by Gasteiger charge is 2.63. The predicted molar refractivity (Wildman–Crippen MR) is 94.1 cm³/mol. The average Bonchev–Trinajstić information content (AvgIpc) is 3.18. The van der Waals surface area contributed by atoms with Crippen LogP contribution in [0.15, 0.2) is 23.8 Å². The van der Waals surface area contributed by atoms with Crippen LogP contribution in [0.25, 0.3) is 0 Å². The zero-order chi connectivity index (χ0) is 19.2. The van der Waals surface area contributed by atoms with Crippen molar-refractivity contribution in [2.24, 2.45) is 11.8 Å². The minimum absolute atomic E-state index is 0.0475. The van der Waals surface area contributed by atoms with Crippen LogP contribution in [0.3, 0.4) is 0 Å². The third-order valence-electron chi connectivity index (χ3n) is 6.11. The predicted octanol–water partition coefficient (Wildman–Crippen LogP) is 2.30. The number of hydrogen-bond donors (Lipinski definition) is 1. The van der Waals surface area contributed by atoms with E-state index in [1.54, 1.807) is 19.9 Å². The Labute approximate surface area is 154 Å². The van der Waals surface area contributed by atoms with E-state index in [0.717, 1.165) is 19.3 Å². The van der Waals surface area contributed by atoms with E-state index in [-0.39, 0.29) is 17.6 Å². The van der Waals surface area contributed by atoms with E-state index >= 15 is 0 Å². The molecule has 0 spiro atoms. The van der Waals surface area contributed by atoms with Crippen LogP contribution in [0.1, 0.15) is 47.0 Å². The summed E-state index contributed by atoms with van der Waals surface area (Å²) in [5.74, 6) is -1.66. The number of aliphatic hydroxyl groups excluding tert-OH is 1. The topological polar surface area (TPSA) is 85.4 Å². The molecule has 144 valence electrons. The highest BCUT2D eigenvalue weighted by atomic mass is 16.6. The van der Waals surface area contributed by atoms with Crippen molar-refractivity contribution in [2.75, 3.05) is 0 Å². The van der Waals surface area contributed by atoms with Gasteiger partial charge in [0.1, 0.15) is 18.3 Å². The van der Waals surface area contributed by atoms with Crippen molar-refractivity contribution < 1.29 is 28.9 Å². The van der Waals surface area contributed by atoms with E-state index in [1.807, 2.05) is 13.8 Å². The van der Waals surface area contributed by atoms with Crippen LogP contribution in [-0.4, -0.2) is 47.1 Å². The van der Waals surface area contributed by atoms with Crippen molar-refractivity contribution in [1.82, 2.24) is 0 Å². The van der Waals surface area contributed by atoms with E-state index in [0.29, 0.717) is 5.57 Å². The van der Waals surface area contributed by atoms with E-state index in [9.17, 15) is 14.7 Å². The number of epoxide rings is 1. The fourth-order valence-corrected chi connectivity index (χ4v) is 4.07. The molecule has 3 fully saturated rings. The first-order chi connectivity index (χ1) is 12.2. The summed E-state index contributed by atoms with van der Waals surface area (Å²) >= 11 is 0. The third-order valence-corrected chi connectivity index (χ3v) is 6.11. The lowest BCUT2D eigenvalue weighted by atomic mass is 9.78. The Morgan fingerprint density at radius 2 is 2.15 bits per heavy atom. The smallest absolute Gasteiger partial charge is 0.334 e. The summed E-state index contributed by atoms with van der Waals surface area (Å²) in [6.07, 6.45) is 1.50. The summed E-state index contributed by atoms with van der Waals surface area (Å²) < 4.78 is 17.2. The molecule has 26 heavy (non-hydrogen) atoms. The Kier molecular flexibility index (Phi) is 5.01. The Balaban J connectivity index is 1.97. The van der Waals surface area contributed by atoms with Crippen LogP contribution < -0.4 is 0 Å². The molecule has 3 aliphatic rings. The van der Waals surface area contributed by atoms with Crippen molar-refractivity contribution in [3.05, 3.63) is 23.8 Å². The number of rotatable bonds is 2. The first kappa shape index (κ1) is 19.1. The molecule has 7 atom stereocenters. The Bertz CT molecular complexity index is 653. The van der Waals surface area contributed by atoms with Gasteiger partial charge in [-0.3, -0.25) is 0 Å². The molecule has 0 aromatic heterocycles. The van der Waals surface area contributed by atoms with E-state index < -0.39 is 41.8 Å². The van der Waals surface area contributed by atoms with Crippen molar-refractivity contribution in [1.29, 1.82) is 0 Å². The van der Waals surface area contributed by atoms with Gasteiger partial charge < -0.3 is 19.3 Å². The molecule has 0 unspecified atom stereocenters. The molecular formula is C20H28O6. The molecule has 0 aromatic carbocycles. The number of esters is 2. The highest BCUT2D eigenvalue weighted by Crippen LogP contribution is 2.50. The van der Waals surface area contributed by atoms with Crippen molar-refractivity contribution in [3.63, 3.8) is 0 Å². The zero-order valence-corrected chi connectivity index (χ0v) is 15.9. The second kappa shape index (κ2) is 6.82. The number of carbonyl (C=O) groups excluding carboxylic acids is 2. The molecule has 0 aromatic rings. The van der Waals surface area contributed by atoms with Crippen molar-refractivity contribution in [3.8, 4) is 0 Å². The molecule has 6 nitrogen and oxygen atoms in total. The third kappa shape index (κ3) is 3.21. The summed E-state index contributed by atoms with van der Waals surface area (Å²) in [7, 11) is 0. The summed E-state index contributed by atoms with van der Waals surface area (Å²) in [5, 5.41) is 10.8. The van der Waals surface area contributed by atoms with E-state index in [4.69, 9.17) is 14.2 Å². The second-order valence-corrected chi connectivity index (χ2v) is 7.97. The normalized spacial score (nSPS) is 43.2. The molecule has 0 radical (unpaired) electrons. The first-order valence-corrected chi connectivity index (χ1v) is 9.29. The van der Waals surface area contributed by atoms with Crippen LogP contribution in [0, 0.1) is 11.8 Å². The molecule has 0 amide bonds. The molecule has 1 aliphatic carbocycles. The molecule has 2 saturated heterocycles. The number of carbonyl (C=O) groups is 2. The van der Waals surface area contributed by atoms with Crippen molar-refractivity contribution in [2.45, 2.75) is 77.0 Å². The fraction of sp³-hybridized carbons (Fsp3) is 0.700. The molecule has 0 bridgehead atoms. The van der Waals surface area contributed by atoms with Crippen molar-refractivity contribution >= 4 is 11.9 Å². The molecular weight excluding hydrogens is 336 g/mol. The maximum absolute atomic E-state index is 12.4. The van der Waals surface area contributed by atoms with Gasteiger partial charge in [-0.25, -0.2) is 9.59 Å². The van der Waals surface area contributed by atoms with Crippen LogP contribution in [0.2, 0.25) is 0 Å². The van der Waals surface area contributed by atoms with Gasteiger partial charge in [0.25, 0.3) is 0 Å². The molecule has 1 N–H and O–H groups in total. The van der Waals surface area contributed by atoms with Gasteiger partial charge >= 0.3 is 11.9 Å². The summed E-state index contributed by atoms with van der Waals surface area (Å²) in [6, 6.07) is 0. The number of ether oxygens (including phenoxy) is 3. The molecule has 2 heterocycles. The zero-order valence-electron chi connectivity index (χ0n) is 15.9. The van der Waals surface area contributed by atoms with Gasteiger partial charge in [-0.2, -0.15) is 0 Å². The van der Waals surface area contributed by atoms with Gasteiger partial charge in [0.15, 0.2) is 0 Å². The lowest BCUT2D eigenvalue weighted by Gasteiger charge is -2.32. The summed E-state index contributed by atoms with van der Waals surface area (Å²) in [5.41, 5.74) is 0.314. The Morgan fingerprint density at radius 1 is 1.46 bits per heavy atom. The summed E-state index contributed by atoms with van der Waals surface area (Å²) in [6.45, 7) is 11.2. The number of hydrogen-bond acceptors (Lipinski definition) is 6. The molecule has 2 aliphatic heterocycles. The first-order valence-electron chi connectivity index (χ1n) is 9.29. The largest absolute Gasteiger partial charge is 0.455 e. The summed E-state index contributed by atoms with van der Waals surface area (Å²) in [4.78, 5) is 24.6. The lowest BCUT2D eigenvalue weighted by Crippen LogP contribution is -2.46. The van der Waals surface area contributed by atoms with Gasteiger partial charge in [0, 0.05) is 11.1 Å². The average molecular weight is 364 g/mol. The van der Waals surface area contributed by atoms with Crippen LogP contribution in [0.5, 0.6) is 0 Å². The number of aliphatic hydroxyl groups is 1. The van der Waals surface area contributed by atoms with E-state index in [2.05, 4.69) is 6.58 Å². The molecule has 3 rings (SSSR count). The fourth-order valence-electron chi connectivity index (χ4n) is 4.07. The quantitative estimate of drug-likeness (QED) is 0.460. The van der Waals surface area contributed by atoms with Gasteiger partial charge in [-0.1, -0.05) is 26.0 Å². The van der Waals surface area contributed by atoms with E-state index in [1.165, 1.54) is 0 Å². The van der Waals surface area contributed by atoms with Gasteiger partial charge in [-0.05, 0) is 39.5 Å². The standard InChI is InChI=1S/C20H28O6/c1-6-10(2)18(22)25-16-13-12(4)19(23)24-15(13)14(21)11(3)8-7-9-20(5)17(16)26-20/h6,11,13-17,21H,4,7-9H2,1-3,5H3/b10-6+/t11-,13+,14-,15+,16-,17-,20-/m1/s1. The van der Waals surface area contributed by atoms with Crippen LogP contribution >= 0.6 is 0 Å².